The monoisotopic (exact) mass is 239 g/mol. The second-order valence-electron chi connectivity index (χ2n) is 4.76. The second kappa shape index (κ2) is 5.82. The molecule has 0 saturated carbocycles. The minimum Gasteiger partial charge on any atom is -0.391 e. The van der Waals surface area contributed by atoms with Crippen molar-refractivity contribution in [2.24, 2.45) is 13.0 Å². The molecule has 0 aromatic carbocycles. The molecule has 0 aliphatic heterocycles. The van der Waals surface area contributed by atoms with Gasteiger partial charge in [0.05, 0.1) is 17.9 Å². The number of hydrogen-bond acceptors (Lipinski definition) is 3. The van der Waals surface area contributed by atoms with E-state index in [0.717, 1.165) is 5.69 Å². The van der Waals surface area contributed by atoms with Crippen LogP contribution in [0.3, 0.4) is 0 Å². The highest BCUT2D eigenvalue weighted by molar-refractivity contribution is 5.95. The third kappa shape index (κ3) is 3.85. The van der Waals surface area contributed by atoms with Crippen LogP contribution in [0.1, 0.15) is 36.3 Å². The zero-order valence-corrected chi connectivity index (χ0v) is 10.9. The number of rotatable bonds is 5. The summed E-state index contributed by atoms with van der Waals surface area (Å²) in [5.74, 6) is 0.237. The molecule has 0 aliphatic rings. The first-order valence-corrected chi connectivity index (χ1v) is 5.86. The van der Waals surface area contributed by atoms with Crippen molar-refractivity contribution in [1.29, 1.82) is 0 Å². The maximum absolute atomic E-state index is 11.8. The molecule has 0 fully saturated rings. The first-order chi connectivity index (χ1) is 7.91. The Kier molecular flexibility index (Phi) is 4.69. The van der Waals surface area contributed by atoms with Crippen LogP contribution in [-0.2, 0) is 7.05 Å². The van der Waals surface area contributed by atoms with Gasteiger partial charge in [0.1, 0.15) is 0 Å². The van der Waals surface area contributed by atoms with E-state index < -0.39 is 6.10 Å². The van der Waals surface area contributed by atoms with E-state index in [1.807, 2.05) is 20.8 Å². The molecule has 1 unspecified atom stereocenters. The van der Waals surface area contributed by atoms with Crippen LogP contribution >= 0.6 is 0 Å². The number of hydrogen-bond donors (Lipinski definition) is 2. The Hall–Kier alpha value is -1.36. The van der Waals surface area contributed by atoms with Crippen LogP contribution in [0.25, 0.3) is 0 Å². The third-order valence-electron chi connectivity index (χ3n) is 2.72. The van der Waals surface area contributed by atoms with E-state index >= 15 is 0 Å². The van der Waals surface area contributed by atoms with Crippen LogP contribution in [0.4, 0.5) is 0 Å². The SMILES string of the molecule is Cc1c(C(=O)NCC(O)CC(C)C)cnn1C. The summed E-state index contributed by atoms with van der Waals surface area (Å²) in [6, 6.07) is 0. The minimum absolute atomic E-state index is 0.182. The molecule has 0 radical (unpaired) electrons. The van der Waals surface area contributed by atoms with Gasteiger partial charge in [-0.3, -0.25) is 9.48 Å². The molecule has 5 heteroatoms. The molecule has 1 aromatic rings. The molecule has 0 spiro atoms. The van der Waals surface area contributed by atoms with E-state index in [-0.39, 0.29) is 12.5 Å². The van der Waals surface area contributed by atoms with Crippen LogP contribution in [0.15, 0.2) is 6.20 Å². The molecule has 1 rings (SSSR count). The fourth-order valence-electron chi connectivity index (χ4n) is 1.65. The predicted octanol–water partition coefficient (Wildman–Crippen LogP) is 0.865. The molecule has 5 nitrogen and oxygen atoms in total. The molecule has 0 saturated heterocycles. The number of carbonyl (C=O) groups excluding carboxylic acids is 1. The van der Waals surface area contributed by atoms with Crippen molar-refractivity contribution in [3.63, 3.8) is 0 Å². The molecular formula is C12H21N3O2. The standard InChI is InChI=1S/C12H21N3O2/c1-8(2)5-10(16)6-13-12(17)11-7-14-15(4)9(11)3/h7-8,10,16H,5-6H2,1-4H3,(H,13,17). The molecule has 1 amide bonds. The van der Waals surface area contributed by atoms with Crippen LogP contribution in [0.2, 0.25) is 0 Å². The fraction of sp³-hybridized carbons (Fsp3) is 0.667. The Morgan fingerprint density at radius 1 is 1.59 bits per heavy atom. The van der Waals surface area contributed by atoms with Crippen molar-refractivity contribution in [3.8, 4) is 0 Å². The van der Waals surface area contributed by atoms with Crippen molar-refractivity contribution < 1.29 is 9.90 Å². The van der Waals surface area contributed by atoms with Crippen LogP contribution in [0.5, 0.6) is 0 Å². The molecule has 1 atom stereocenters. The zero-order valence-electron chi connectivity index (χ0n) is 10.9. The summed E-state index contributed by atoms with van der Waals surface area (Å²) < 4.78 is 1.65. The number of amides is 1. The normalized spacial score (nSPS) is 12.8. The zero-order chi connectivity index (χ0) is 13.0. The van der Waals surface area contributed by atoms with Crippen molar-refractivity contribution in [3.05, 3.63) is 17.5 Å². The predicted molar refractivity (Wildman–Crippen MR) is 65.7 cm³/mol. The topological polar surface area (TPSA) is 67.2 Å². The number of aromatic nitrogens is 2. The smallest absolute Gasteiger partial charge is 0.254 e. The van der Waals surface area contributed by atoms with E-state index in [1.165, 1.54) is 0 Å². The van der Waals surface area contributed by atoms with Gasteiger partial charge in [-0.1, -0.05) is 13.8 Å². The first kappa shape index (κ1) is 13.7. The van der Waals surface area contributed by atoms with E-state index in [4.69, 9.17) is 0 Å². The van der Waals surface area contributed by atoms with Gasteiger partial charge in [-0.15, -0.1) is 0 Å². The van der Waals surface area contributed by atoms with Gasteiger partial charge in [0.25, 0.3) is 5.91 Å². The number of aliphatic hydroxyl groups excluding tert-OH is 1. The quantitative estimate of drug-likeness (QED) is 0.801. The average molecular weight is 239 g/mol. The van der Waals surface area contributed by atoms with Gasteiger partial charge in [-0.05, 0) is 19.3 Å². The van der Waals surface area contributed by atoms with Gasteiger partial charge in [0.15, 0.2) is 0 Å². The summed E-state index contributed by atoms with van der Waals surface area (Å²) in [6.07, 6.45) is 1.74. The largest absolute Gasteiger partial charge is 0.391 e. The van der Waals surface area contributed by atoms with E-state index in [2.05, 4.69) is 10.4 Å². The molecule has 17 heavy (non-hydrogen) atoms. The number of nitrogens with one attached hydrogen (secondary N) is 1. The molecule has 0 bridgehead atoms. The van der Waals surface area contributed by atoms with Gasteiger partial charge in [-0.2, -0.15) is 5.10 Å². The molecular weight excluding hydrogens is 218 g/mol. The van der Waals surface area contributed by atoms with E-state index in [9.17, 15) is 9.90 Å². The summed E-state index contributed by atoms with van der Waals surface area (Å²) in [7, 11) is 1.79. The lowest BCUT2D eigenvalue weighted by Gasteiger charge is -2.13. The van der Waals surface area contributed by atoms with Crippen molar-refractivity contribution >= 4 is 5.91 Å². The van der Waals surface area contributed by atoms with Crippen molar-refractivity contribution in [1.82, 2.24) is 15.1 Å². The summed E-state index contributed by atoms with van der Waals surface area (Å²) in [6.45, 7) is 6.20. The van der Waals surface area contributed by atoms with E-state index in [1.54, 1.807) is 17.9 Å². The Morgan fingerprint density at radius 3 is 2.71 bits per heavy atom. The lowest BCUT2D eigenvalue weighted by atomic mass is 10.1. The maximum Gasteiger partial charge on any atom is 0.254 e. The fourth-order valence-corrected chi connectivity index (χ4v) is 1.65. The van der Waals surface area contributed by atoms with Gasteiger partial charge in [-0.25, -0.2) is 0 Å². The molecule has 1 heterocycles. The van der Waals surface area contributed by atoms with Gasteiger partial charge in [0.2, 0.25) is 0 Å². The van der Waals surface area contributed by atoms with Crippen LogP contribution in [-0.4, -0.2) is 33.4 Å². The molecule has 1 aromatic heterocycles. The Labute approximate surface area is 102 Å². The van der Waals surface area contributed by atoms with Crippen molar-refractivity contribution in [2.45, 2.75) is 33.3 Å². The molecule has 0 aliphatic carbocycles. The maximum atomic E-state index is 11.8. The summed E-state index contributed by atoms with van der Waals surface area (Å²) in [4.78, 5) is 11.8. The summed E-state index contributed by atoms with van der Waals surface area (Å²) in [5.41, 5.74) is 1.38. The van der Waals surface area contributed by atoms with Gasteiger partial charge >= 0.3 is 0 Å². The minimum atomic E-state index is -0.490. The van der Waals surface area contributed by atoms with Crippen molar-refractivity contribution in [2.75, 3.05) is 6.54 Å². The molecule has 96 valence electrons. The number of carbonyl (C=O) groups is 1. The van der Waals surface area contributed by atoms with Gasteiger partial charge < -0.3 is 10.4 Å². The van der Waals surface area contributed by atoms with E-state index in [0.29, 0.717) is 17.9 Å². The first-order valence-electron chi connectivity index (χ1n) is 5.86. The summed E-state index contributed by atoms with van der Waals surface area (Å²) in [5, 5.41) is 16.4. The Balaban J connectivity index is 2.48. The number of aryl methyl sites for hydroxylation is 1. The van der Waals surface area contributed by atoms with Gasteiger partial charge in [0, 0.05) is 19.3 Å². The average Bonchev–Trinajstić information content (AvgIpc) is 2.55. The highest BCUT2D eigenvalue weighted by Crippen LogP contribution is 2.06. The number of nitrogens with zero attached hydrogens (tertiary/aromatic N) is 2. The van der Waals surface area contributed by atoms with Crippen LogP contribution < -0.4 is 5.32 Å². The lowest BCUT2D eigenvalue weighted by molar-refractivity contribution is 0.0899. The summed E-state index contributed by atoms with van der Waals surface area (Å²) >= 11 is 0. The number of aliphatic hydroxyl groups is 1. The Morgan fingerprint density at radius 2 is 2.24 bits per heavy atom. The third-order valence-corrected chi connectivity index (χ3v) is 2.72. The lowest BCUT2D eigenvalue weighted by Crippen LogP contribution is -2.33. The Bertz CT molecular complexity index is 385. The second-order valence-corrected chi connectivity index (χ2v) is 4.76. The molecule has 2 N–H and O–H groups in total. The highest BCUT2D eigenvalue weighted by Gasteiger charge is 2.14. The highest BCUT2D eigenvalue weighted by atomic mass is 16.3. The van der Waals surface area contributed by atoms with Crippen LogP contribution in [0, 0.1) is 12.8 Å².